The van der Waals surface area contributed by atoms with E-state index in [0.717, 1.165) is 12.0 Å². The molecule has 0 bridgehead atoms. The molecular weight excluding hydrogens is 418 g/mol. The minimum absolute atomic E-state index is 0.0280. The minimum Gasteiger partial charge on any atom is -0.507 e. The van der Waals surface area contributed by atoms with Crippen LogP contribution < -0.4 is 9.64 Å². The molecule has 1 unspecified atom stereocenters. The molecule has 0 aromatic heterocycles. The maximum Gasteiger partial charge on any atom is 0.300 e. The summed E-state index contributed by atoms with van der Waals surface area (Å²) in [6.07, 6.45) is 0.869. The number of carbonyl (C=O) groups is 2. The summed E-state index contributed by atoms with van der Waals surface area (Å²) in [5.74, 6) is -1.38. The lowest BCUT2D eigenvalue weighted by atomic mass is 9.92. The molecule has 0 radical (unpaired) electrons. The second-order valence-electron chi connectivity index (χ2n) is 7.89. The first-order valence-electron chi connectivity index (χ1n) is 10.8. The molecule has 1 saturated heterocycles. The van der Waals surface area contributed by atoms with Crippen LogP contribution in [-0.2, 0) is 9.59 Å². The number of ether oxygens (including phenoxy) is 1. The lowest BCUT2D eigenvalue weighted by Crippen LogP contribution is -2.29. The number of phenolic OH excluding ortho intramolecular Hbond substituents is 1. The summed E-state index contributed by atoms with van der Waals surface area (Å²) >= 11 is 0. The van der Waals surface area contributed by atoms with Crippen molar-refractivity contribution in [2.45, 2.75) is 26.3 Å². The van der Waals surface area contributed by atoms with Crippen LogP contribution in [0.2, 0.25) is 0 Å². The van der Waals surface area contributed by atoms with Crippen molar-refractivity contribution < 1.29 is 24.5 Å². The average molecular weight is 443 g/mol. The lowest BCUT2D eigenvalue weighted by molar-refractivity contribution is -0.132. The average Bonchev–Trinajstić information content (AvgIpc) is 3.08. The minimum atomic E-state index is -0.893. The Kier molecular flexibility index (Phi) is 6.18. The number of benzene rings is 3. The zero-order chi connectivity index (χ0) is 23.5. The van der Waals surface area contributed by atoms with Gasteiger partial charge in [-0.25, -0.2) is 0 Å². The number of aromatic hydroxyl groups is 1. The van der Waals surface area contributed by atoms with Crippen LogP contribution in [0.5, 0.6) is 11.5 Å². The molecule has 0 spiro atoms. The number of aryl methyl sites for hydroxylation is 1. The Morgan fingerprint density at radius 3 is 2.30 bits per heavy atom. The number of nitrogens with zero attached hydrogens (tertiary/aromatic N) is 1. The molecule has 3 aromatic carbocycles. The number of hydrogen-bond acceptors (Lipinski definition) is 5. The molecule has 1 heterocycles. The van der Waals surface area contributed by atoms with Gasteiger partial charge in [0.15, 0.2) is 0 Å². The van der Waals surface area contributed by atoms with Crippen molar-refractivity contribution in [3.05, 3.63) is 95.1 Å². The summed E-state index contributed by atoms with van der Waals surface area (Å²) in [6, 6.07) is 19.6. The van der Waals surface area contributed by atoms with Gasteiger partial charge in [-0.15, -0.1) is 0 Å². The molecule has 1 amide bonds. The molecule has 6 heteroatoms. The molecule has 6 nitrogen and oxygen atoms in total. The van der Waals surface area contributed by atoms with Crippen LogP contribution in [0, 0.1) is 6.92 Å². The van der Waals surface area contributed by atoms with Gasteiger partial charge in [0.2, 0.25) is 0 Å². The molecular formula is C27H25NO5. The van der Waals surface area contributed by atoms with Gasteiger partial charge in [-0.1, -0.05) is 43.3 Å². The largest absolute Gasteiger partial charge is 0.507 e. The molecule has 2 N–H and O–H groups in total. The molecule has 1 aliphatic heterocycles. The zero-order valence-corrected chi connectivity index (χ0v) is 18.5. The topological polar surface area (TPSA) is 87.1 Å². The number of rotatable bonds is 6. The van der Waals surface area contributed by atoms with E-state index in [0.29, 0.717) is 23.5 Å². The van der Waals surface area contributed by atoms with Crippen molar-refractivity contribution in [3.63, 3.8) is 0 Å². The summed E-state index contributed by atoms with van der Waals surface area (Å²) in [5, 5.41) is 21.7. The number of ketones is 1. The first kappa shape index (κ1) is 22.1. The van der Waals surface area contributed by atoms with Crippen molar-refractivity contribution in [3.8, 4) is 11.5 Å². The second-order valence-corrected chi connectivity index (χ2v) is 7.89. The highest BCUT2D eigenvalue weighted by Gasteiger charge is 2.48. The van der Waals surface area contributed by atoms with Gasteiger partial charge in [-0.3, -0.25) is 14.5 Å². The Labute approximate surface area is 192 Å². The van der Waals surface area contributed by atoms with E-state index in [1.165, 1.54) is 11.0 Å². The summed E-state index contributed by atoms with van der Waals surface area (Å²) in [6.45, 7) is 4.46. The first-order valence-corrected chi connectivity index (χ1v) is 10.8. The molecule has 0 aliphatic carbocycles. The van der Waals surface area contributed by atoms with E-state index in [1.54, 1.807) is 42.5 Å². The van der Waals surface area contributed by atoms with E-state index < -0.39 is 17.7 Å². The number of aliphatic hydroxyl groups excluding tert-OH is 1. The van der Waals surface area contributed by atoms with Crippen LogP contribution in [0.15, 0.2) is 78.4 Å². The van der Waals surface area contributed by atoms with Crippen LogP contribution >= 0.6 is 0 Å². The van der Waals surface area contributed by atoms with Gasteiger partial charge >= 0.3 is 0 Å². The van der Waals surface area contributed by atoms with Gasteiger partial charge in [-0.2, -0.15) is 0 Å². The highest BCUT2D eigenvalue weighted by Crippen LogP contribution is 2.45. The van der Waals surface area contributed by atoms with E-state index in [2.05, 4.69) is 0 Å². The predicted molar refractivity (Wildman–Crippen MR) is 126 cm³/mol. The normalized spacial score (nSPS) is 17.4. The molecule has 168 valence electrons. The number of anilines is 1. The number of amides is 1. The highest BCUT2D eigenvalue weighted by molar-refractivity contribution is 6.52. The number of phenols is 1. The molecule has 33 heavy (non-hydrogen) atoms. The third-order valence-electron chi connectivity index (χ3n) is 5.67. The number of carbonyl (C=O) groups excluding carboxylic acids is 2. The fourth-order valence-electron chi connectivity index (χ4n) is 4.02. The van der Waals surface area contributed by atoms with Gasteiger partial charge in [-0.05, 0) is 60.9 Å². The third-order valence-corrected chi connectivity index (χ3v) is 5.67. The number of para-hydroxylation sites is 2. The van der Waals surface area contributed by atoms with E-state index in [1.807, 2.05) is 38.1 Å². The van der Waals surface area contributed by atoms with Crippen molar-refractivity contribution >= 4 is 23.1 Å². The maximum absolute atomic E-state index is 13.2. The Hall–Kier alpha value is -4.06. The third kappa shape index (κ3) is 4.07. The SMILES string of the molecule is CCCOc1ccc(/C(O)=C2\C(=O)C(=O)N(c3ccccc3O)C2c2ccccc2C)cc1. The van der Waals surface area contributed by atoms with Gasteiger partial charge in [0.25, 0.3) is 11.7 Å². The molecule has 0 saturated carbocycles. The van der Waals surface area contributed by atoms with Crippen LogP contribution in [-0.4, -0.2) is 28.5 Å². The van der Waals surface area contributed by atoms with Gasteiger partial charge in [0.1, 0.15) is 17.3 Å². The van der Waals surface area contributed by atoms with Crippen LogP contribution in [0.25, 0.3) is 5.76 Å². The van der Waals surface area contributed by atoms with Crippen molar-refractivity contribution in [2.75, 3.05) is 11.5 Å². The molecule has 1 aliphatic rings. The smallest absolute Gasteiger partial charge is 0.300 e. The predicted octanol–water partition coefficient (Wildman–Crippen LogP) is 5.12. The highest BCUT2D eigenvalue weighted by atomic mass is 16.5. The number of aliphatic hydroxyl groups is 1. The number of Topliss-reactive ketones (excluding diaryl/α,β-unsaturated/α-hetero) is 1. The molecule has 1 atom stereocenters. The van der Waals surface area contributed by atoms with E-state index >= 15 is 0 Å². The monoisotopic (exact) mass is 443 g/mol. The summed E-state index contributed by atoms with van der Waals surface area (Å²) in [4.78, 5) is 27.6. The van der Waals surface area contributed by atoms with Crippen LogP contribution in [0.4, 0.5) is 5.69 Å². The molecule has 4 rings (SSSR count). The Balaban J connectivity index is 1.88. The summed E-state index contributed by atoms with van der Waals surface area (Å²) < 4.78 is 5.59. The van der Waals surface area contributed by atoms with E-state index in [-0.39, 0.29) is 22.8 Å². The fourth-order valence-corrected chi connectivity index (χ4v) is 4.02. The van der Waals surface area contributed by atoms with E-state index in [4.69, 9.17) is 4.74 Å². The number of hydrogen-bond donors (Lipinski definition) is 2. The maximum atomic E-state index is 13.2. The quantitative estimate of drug-likeness (QED) is 0.314. The second kappa shape index (κ2) is 9.20. The van der Waals surface area contributed by atoms with Gasteiger partial charge in [0, 0.05) is 5.56 Å². The first-order chi connectivity index (χ1) is 15.9. The zero-order valence-electron chi connectivity index (χ0n) is 18.5. The van der Waals surface area contributed by atoms with Crippen LogP contribution in [0.3, 0.4) is 0 Å². The van der Waals surface area contributed by atoms with Crippen LogP contribution in [0.1, 0.15) is 36.1 Å². The molecule has 1 fully saturated rings. The van der Waals surface area contributed by atoms with Gasteiger partial charge < -0.3 is 14.9 Å². The molecule has 3 aromatic rings. The summed E-state index contributed by atoms with van der Waals surface area (Å²) in [5.41, 5.74) is 2.10. The van der Waals surface area contributed by atoms with Crippen molar-refractivity contribution in [2.24, 2.45) is 0 Å². The van der Waals surface area contributed by atoms with Gasteiger partial charge in [0.05, 0.1) is 23.9 Å². The summed E-state index contributed by atoms with van der Waals surface area (Å²) in [7, 11) is 0. The van der Waals surface area contributed by atoms with Crippen molar-refractivity contribution in [1.29, 1.82) is 0 Å². The Bertz CT molecular complexity index is 1230. The van der Waals surface area contributed by atoms with Crippen molar-refractivity contribution in [1.82, 2.24) is 0 Å². The van der Waals surface area contributed by atoms with E-state index in [9.17, 15) is 19.8 Å². The Morgan fingerprint density at radius 1 is 0.970 bits per heavy atom. The standard InChI is InChI=1S/C27H25NO5/c1-3-16-33-19-14-12-18(13-15-19)25(30)23-24(20-9-5-4-8-17(20)2)28(27(32)26(23)31)21-10-6-7-11-22(21)29/h4-15,24,29-30H,3,16H2,1-2H3/b25-23+. The lowest BCUT2D eigenvalue weighted by Gasteiger charge is -2.27. The fraction of sp³-hybridized carbons (Fsp3) is 0.185. The Morgan fingerprint density at radius 2 is 1.64 bits per heavy atom.